The van der Waals surface area contributed by atoms with Gasteiger partial charge in [0.15, 0.2) is 0 Å². The molecule has 0 atom stereocenters. The average molecular weight is 224 g/mol. The number of carbonyl (C=O) groups is 1. The first-order chi connectivity index (χ1) is 7.79. The van der Waals surface area contributed by atoms with Crippen LogP contribution in [0, 0.1) is 11.8 Å². The Labute approximate surface area is 98.4 Å². The minimum Gasteiger partial charge on any atom is -0.342 e. The average Bonchev–Trinajstić information content (AvgIpc) is 3.11. The molecule has 3 nitrogen and oxygen atoms in total. The van der Waals surface area contributed by atoms with Crippen molar-refractivity contribution in [1.82, 2.24) is 4.90 Å². The quantitative estimate of drug-likeness (QED) is 0.639. The smallest absolute Gasteiger partial charge is 0.222 e. The zero-order valence-corrected chi connectivity index (χ0v) is 10.2. The van der Waals surface area contributed by atoms with Gasteiger partial charge in [-0.15, -0.1) is 0 Å². The van der Waals surface area contributed by atoms with E-state index in [-0.39, 0.29) is 0 Å². The lowest BCUT2D eigenvalue weighted by Crippen LogP contribution is -2.34. The maximum Gasteiger partial charge on any atom is 0.222 e. The summed E-state index contributed by atoms with van der Waals surface area (Å²) >= 11 is 0. The van der Waals surface area contributed by atoms with Crippen LogP contribution < -0.4 is 5.73 Å². The van der Waals surface area contributed by atoms with Crippen LogP contribution in [0.15, 0.2) is 0 Å². The van der Waals surface area contributed by atoms with Crippen molar-refractivity contribution in [3.63, 3.8) is 0 Å². The normalized spacial score (nSPS) is 19.8. The molecule has 2 aliphatic carbocycles. The van der Waals surface area contributed by atoms with Gasteiger partial charge in [0.25, 0.3) is 0 Å². The van der Waals surface area contributed by atoms with Crippen LogP contribution in [0.2, 0.25) is 0 Å². The van der Waals surface area contributed by atoms with Gasteiger partial charge in [0, 0.05) is 19.5 Å². The van der Waals surface area contributed by atoms with Crippen LogP contribution in [0.25, 0.3) is 0 Å². The summed E-state index contributed by atoms with van der Waals surface area (Å²) in [4.78, 5) is 14.2. The van der Waals surface area contributed by atoms with Crippen LogP contribution in [0.1, 0.15) is 44.9 Å². The monoisotopic (exact) mass is 224 g/mol. The van der Waals surface area contributed by atoms with E-state index in [1.165, 1.54) is 25.7 Å². The van der Waals surface area contributed by atoms with E-state index in [4.69, 9.17) is 5.73 Å². The highest BCUT2D eigenvalue weighted by molar-refractivity contribution is 5.76. The second-order valence-electron chi connectivity index (χ2n) is 5.43. The fourth-order valence-electron chi connectivity index (χ4n) is 2.08. The van der Waals surface area contributed by atoms with Gasteiger partial charge in [-0.05, 0) is 56.9 Å². The van der Waals surface area contributed by atoms with Crippen LogP contribution in [-0.2, 0) is 4.79 Å². The third-order valence-electron chi connectivity index (χ3n) is 3.55. The van der Waals surface area contributed by atoms with Crippen molar-refractivity contribution in [2.45, 2.75) is 44.9 Å². The lowest BCUT2D eigenvalue weighted by molar-refractivity contribution is -0.131. The molecule has 0 spiro atoms. The zero-order chi connectivity index (χ0) is 11.4. The van der Waals surface area contributed by atoms with E-state index in [2.05, 4.69) is 4.90 Å². The molecule has 2 aliphatic rings. The van der Waals surface area contributed by atoms with E-state index in [0.29, 0.717) is 18.9 Å². The molecule has 92 valence electrons. The maximum absolute atomic E-state index is 12.0. The molecule has 16 heavy (non-hydrogen) atoms. The Bertz CT molecular complexity index is 220. The van der Waals surface area contributed by atoms with Gasteiger partial charge in [0.05, 0.1) is 0 Å². The van der Waals surface area contributed by atoms with Crippen molar-refractivity contribution >= 4 is 5.91 Å². The molecular formula is C13H24N2O. The first-order valence-electron chi connectivity index (χ1n) is 6.77. The van der Waals surface area contributed by atoms with E-state index in [0.717, 1.165) is 37.8 Å². The Morgan fingerprint density at radius 2 is 1.62 bits per heavy atom. The van der Waals surface area contributed by atoms with Gasteiger partial charge in [-0.3, -0.25) is 4.79 Å². The highest BCUT2D eigenvalue weighted by Crippen LogP contribution is 2.34. The number of nitrogens with zero attached hydrogens (tertiary/aromatic N) is 1. The van der Waals surface area contributed by atoms with Crippen LogP contribution in [0.4, 0.5) is 0 Å². The van der Waals surface area contributed by atoms with Crippen LogP contribution in [0.5, 0.6) is 0 Å². The van der Waals surface area contributed by atoms with Crippen molar-refractivity contribution in [2.75, 3.05) is 19.6 Å². The lowest BCUT2D eigenvalue weighted by atomic mass is 10.2. The molecule has 2 saturated carbocycles. The molecule has 0 heterocycles. The predicted molar refractivity (Wildman–Crippen MR) is 64.9 cm³/mol. The summed E-state index contributed by atoms with van der Waals surface area (Å²) in [6, 6.07) is 0. The standard InChI is InChI=1S/C13H24N2O/c14-8-2-1-3-13(16)15(9-11-4-5-11)10-12-6-7-12/h11-12H,1-10,14H2. The SMILES string of the molecule is NCCCCC(=O)N(CC1CC1)CC1CC1. The van der Waals surface area contributed by atoms with Gasteiger partial charge >= 0.3 is 0 Å². The largest absolute Gasteiger partial charge is 0.342 e. The van der Waals surface area contributed by atoms with Crippen LogP contribution in [-0.4, -0.2) is 30.4 Å². The van der Waals surface area contributed by atoms with Gasteiger partial charge in [0.1, 0.15) is 0 Å². The van der Waals surface area contributed by atoms with E-state index in [1.54, 1.807) is 0 Å². The number of hydrogen-bond acceptors (Lipinski definition) is 2. The highest BCUT2D eigenvalue weighted by atomic mass is 16.2. The van der Waals surface area contributed by atoms with E-state index >= 15 is 0 Å². The number of nitrogens with two attached hydrogens (primary N) is 1. The first kappa shape index (κ1) is 11.9. The minimum atomic E-state index is 0.368. The molecule has 0 bridgehead atoms. The fraction of sp³-hybridized carbons (Fsp3) is 0.923. The van der Waals surface area contributed by atoms with Gasteiger partial charge in [-0.2, -0.15) is 0 Å². The molecular weight excluding hydrogens is 200 g/mol. The molecule has 2 fully saturated rings. The Hall–Kier alpha value is -0.570. The molecule has 3 heteroatoms. The second kappa shape index (κ2) is 5.67. The molecule has 0 radical (unpaired) electrons. The zero-order valence-electron chi connectivity index (χ0n) is 10.2. The summed E-state index contributed by atoms with van der Waals surface area (Å²) in [5, 5.41) is 0. The molecule has 0 saturated heterocycles. The van der Waals surface area contributed by atoms with Crippen molar-refractivity contribution in [3.8, 4) is 0 Å². The number of carbonyl (C=O) groups excluding carboxylic acids is 1. The molecule has 0 unspecified atom stereocenters. The summed E-state index contributed by atoms with van der Waals surface area (Å²) in [6.07, 6.45) is 7.97. The number of unbranched alkanes of at least 4 members (excludes halogenated alkanes) is 1. The van der Waals surface area contributed by atoms with E-state index in [9.17, 15) is 4.79 Å². The van der Waals surface area contributed by atoms with Gasteiger partial charge in [0.2, 0.25) is 5.91 Å². The van der Waals surface area contributed by atoms with E-state index < -0.39 is 0 Å². The molecule has 2 rings (SSSR count). The fourth-order valence-corrected chi connectivity index (χ4v) is 2.08. The Balaban J connectivity index is 1.71. The molecule has 0 aromatic rings. The van der Waals surface area contributed by atoms with Gasteiger partial charge in [-0.25, -0.2) is 0 Å². The van der Waals surface area contributed by atoms with Gasteiger partial charge < -0.3 is 10.6 Å². The Morgan fingerprint density at radius 1 is 1.06 bits per heavy atom. The van der Waals surface area contributed by atoms with Crippen LogP contribution in [0.3, 0.4) is 0 Å². The summed E-state index contributed by atoms with van der Waals surface area (Å²) in [5.74, 6) is 2.00. The number of amides is 1. The predicted octanol–water partition coefficient (Wildman–Crippen LogP) is 1.76. The summed E-state index contributed by atoms with van der Waals surface area (Å²) in [6.45, 7) is 2.76. The van der Waals surface area contributed by atoms with Crippen molar-refractivity contribution < 1.29 is 4.79 Å². The second-order valence-corrected chi connectivity index (χ2v) is 5.43. The number of hydrogen-bond donors (Lipinski definition) is 1. The van der Waals surface area contributed by atoms with Crippen molar-refractivity contribution in [1.29, 1.82) is 0 Å². The molecule has 0 aliphatic heterocycles. The third-order valence-corrected chi connectivity index (χ3v) is 3.55. The molecule has 0 aromatic heterocycles. The molecule has 1 amide bonds. The van der Waals surface area contributed by atoms with E-state index in [1.807, 2.05) is 0 Å². The summed E-state index contributed by atoms with van der Waals surface area (Å²) in [5.41, 5.74) is 5.45. The Morgan fingerprint density at radius 3 is 2.06 bits per heavy atom. The Kier molecular flexibility index (Phi) is 4.22. The summed E-state index contributed by atoms with van der Waals surface area (Å²) < 4.78 is 0. The highest BCUT2D eigenvalue weighted by Gasteiger charge is 2.30. The van der Waals surface area contributed by atoms with Crippen molar-refractivity contribution in [3.05, 3.63) is 0 Å². The maximum atomic E-state index is 12.0. The van der Waals surface area contributed by atoms with Gasteiger partial charge in [-0.1, -0.05) is 0 Å². The molecule has 2 N–H and O–H groups in total. The summed E-state index contributed by atoms with van der Waals surface area (Å²) in [7, 11) is 0. The molecule has 0 aromatic carbocycles. The minimum absolute atomic E-state index is 0.368. The van der Waals surface area contributed by atoms with Crippen molar-refractivity contribution in [2.24, 2.45) is 17.6 Å². The third kappa shape index (κ3) is 4.12. The lowest BCUT2D eigenvalue weighted by Gasteiger charge is -2.22. The number of rotatable bonds is 8. The topological polar surface area (TPSA) is 46.3 Å². The van der Waals surface area contributed by atoms with Crippen LogP contribution >= 0.6 is 0 Å². The first-order valence-corrected chi connectivity index (χ1v) is 6.77.